The number of amides is 1. The van der Waals surface area contributed by atoms with Gasteiger partial charge >= 0.3 is 5.97 Å². The van der Waals surface area contributed by atoms with Crippen LogP contribution in [0.1, 0.15) is 12.0 Å². The Labute approximate surface area is 117 Å². The van der Waals surface area contributed by atoms with Gasteiger partial charge in [0.25, 0.3) is 0 Å². The predicted octanol–water partition coefficient (Wildman–Crippen LogP) is 1.31. The van der Waals surface area contributed by atoms with Crippen LogP contribution in [-0.2, 0) is 9.59 Å². The van der Waals surface area contributed by atoms with E-state index in [2.05, 4.69) is 5.32 Å². The van der Waals surface area contributed by atoms with Crippen molar-refractivity contribution in [1.82, 2.24) is 5.32 Å². The SMILES string of the molecule is COc1ccc(C=CC(=O)NCCC(=O)O)c(OC)c1. The van der Waals surface area contributed by atoms with Gasteiger partial charge in [0.05, 0.1) is 20.6 Å². The summed E-state index contributed by atoms with van der Waals surface area (Å²) in [6.45, 7) is 0.0955. The smallest absolute Gasteiger partial charge is 0.305 e. The van der Waals surface area contributed by atoms with Gasteiger partial charge in [-0.05, 0) is 18.2 Å². The van der Waals surface area contributed by atoms with Gasteiger partial charge in [-0.3, -0.25) is 9.59 Å². The van der Waals surface area contributed by atoms with Crippen LogP contribution in [0.5, 0.6) is 11.5 Å². The zero-order valence-corrected chi connectivity index (χ0v) is 11.4. The second kappa shape index (κ2) is 7.83. The number of aliphatic carboxylic acids is 1. The molecule has 1 amide bonds. The van der Waals surface area contributed by atoms with Crippen molar-refractivity contribution >= 4 is 18.0 Å². The van der Waals surface area contributed by atoms with Crippen LogP contribution in [0.25, 0.3) is 6.08 Å². The zero-order chi connectivity index (χ0) is 15.0. The lowest BCUT2D eigenvalue weighted by Gasteiger charge is -2.07. The Bertz CT molecular complexity index is 510. The normalized spacial score (nSPS) is 10.3. The minimum absolute atomic E-state index is 0.0955. The minimum atomic E-state index is -0.953. The van der Waals surface area contributed by atoms with Crippen molar-refractivity contribution in [3.63, 3.8) is 0 Å². The van der Waals surface area contributed by atoms with Crippen LogP contribution in [0.4, 0.5) is 0 Å². The maximum atomic E-state index is 11.5. The van der Waals surface area contributed by atoms with Gasteiger partial charge in [0.1, 0.15) is 11.5 Å². The van der Waals surface area contributed by atoms with E-state index in [9.17, 15) is 9.59 Å². The fraction of sp³-hybridized carbons (Fsp3) is 0.286. The second-order valence-corrected chi connectivity index (χ2v) is 3.88. The topological polar surface area (TPSA) is 84.9 Å². The maximum absolute atomic E-state index is 11.5. The first kappa shape index (κ1) is 15.6. The van der Waals surface area contributed by atoms with E-state index < -0.39 is 5.97 Å². The number of benzene rings is 1. The lowest BCUT2D eigenvalue weighted by molar-refractivity contribution is -0.136. The summed E-state index contributed by atoms with van der Waals surface area (Å²) in [6.07, 6.45) is 2.81. The molecule has 1 aromatic rings. The lowest BCUT2D eigenvalue weighted by atomic mass is 10.1. The first-order valence-corrected chi connectivity index (χ1v) is 5.96. The summed E-state index contributed by atoms with van der Waals surface area (Å²) in [5.74, 6) is -0.0703. The lowest BCUT2D eigenvalue weighted by Crippen LogP contribution is -2.23. The number of ether oxygens (including phenoxy) is 2. The highest BCUT2D eigenvalue weighted by Gasteiger charge is 2.03. The molecule has 0 unspecified atom stereocenters. The van der Waals surface area contributed by atoms with E-state index in [1.807, 2.05) is 0 Å². The molecule has 0 heterocycles. The van der Waals surface area contributed by atoms with Crippen molar-refractivity contribution < 1.29 is 24.2 Å². The summed E-state index contributed by atoms with van der Waals surface area (Å²) in [5.41, 5.74) is 0.724. The highest BCUT2D eigenvalue weighted by atomic mass is 16.5. The van der Waals surface area contributed by atoms with Gasteiger partial charge in [-0.1, -0.05) is 0 Å². The Balaban J connectivity index is 2.65. The summed E-state index contributed by atoms with van der Waals surface area (Å²) < 4.78 is 10.3. The molecule has 1 rings (SSSR count). The minimum Gasteiger partial charge on any atom is -0.497 e. The predicted molar refractivity (Wildman–Crippen MR) is 73.8 cm³/mol. The molecule has 6 heteroatoms. The molecule has 0 radical (unpaired) electrons. The number of carboxylic acid groups (broad SMARTS) is 1. The molecule has 0 atom stereocenters. The van der Waals surface area contributed by atoms with Crippen molar-refractivity contribution in [2.24, 2.45) is 0 Å². The molecule has 20 heavy (non-hydrogen) atoms. The first-order valence-electron chi connectivity index (χ1n) is 5.96. The molecule has 0 saturated heterocycles. The third-order valence-corrected chi connectivity index (χ3v) is 2.49. The molecule has 0 aliphatic heterocycles. The number of hydrogen-bond donors (Lipinski definition) is 2. The van der Waals surface area contributed by atoms with Crippen LogP contribution in [0, 0.1) is 0 Å². The van der Waals surface area contributed by atoms with Gasteiger partial charge in [0.2, 0.25) is 5.91 Å². The Morgan fingerprint density at radius 3 is 2.65 bits per heavy atom. The fourth-order valence-corrected chi connectivity index (χ4v) is 1.47. The molecule has 1 aromatic carbocycles. The highest BCUT2D eigenvalue weighted by Crippen LogP contribution is 2.25. The van der Waals surface area contributed by atoms with Crippen LogP contribution >= 0.6 is 0 Å². The standard InChI is InChI=1S/C14H17NO5/c1-19-11-5-3-10(12(9-11)20-2)4-6-13(16)15-8-7-14(17)18/h3-6,9H,7-8H2,1-2H3,(H,15,16)(H,17,18). The van der Waals surface area contributed by atoms with Crippen molar-refractivity contribution in [3.05, 3.63) is 29.8 Å². The van der Waals surface area contributed by atoms with Gasteiger partial charge < -0.3 is 19.9 Å². The number of hydrogen-bond acceptors (Lipinski definition) is 4. The van der Waals surface area contributed by atoms with Gasteiger partial charge in [-0.25, -0.2) is 0 Å². The monoisotopic (exact) mass is 279 g/mol. The molecular formula is C14H17NO5. The Morgan fingerprint density at radius 2 is 2.05 bits per heavy atom. The number of carbonyl (C=O) groups excluding carboxylic acids is 1. The summed E-state index contributed by atoms with van der Waals surface area (Å²) in [6, 6.07) is 5.23. The Hall–Kier alpha value is -2.50. The van der Waals surface area contributed by atoms with E-state index in [0.717, 1.165) is 5.56 Å². The summed E-state index contributed by atoms with van der Waals surface area (Å²) >= 11 is 0. The number of rotatable bonds is 7. The average Bonchev–Trinajstić information content (AvgIpc) is 2.44. The molecule has 0 aromatic heterocycles. The number of carboxylic acids is 1. The largest absolute Gasteiger partial charge is 0.497 e. The van der Waals surface area contributed by atoms with E-state index in [0.29, 0.717) is 11.5 Å². The number of methoxy groups -OCH3 is 2. The third-order valence-electron chi connectivity index (χ3n) is 2.49. The van der Waals surface area contributed by atoms with E-state index >= 15 is 0 Å². The van der Waals surface area contributed by atoms with Crippen LogP contribution in [0.2, 0.25) is 0 Å². The molecule has 0 aliphatic carbocycles. The van der Waals surface area contributed by atoms with E-state index in [-0.39, 0.29) is 18.9 Å². The quantitative estimate of drug-likeness (QED) is 0.735. The first-order chi connectivity index (χ1) is 9.56. The molecule has 0 aliphatic rings. The molecule has 0 fully saturated rings. The zero-order valence-electron chi connectivity index (χ0n) is 11.4. The van der Waals surface area contributed by atoms with Crippen LogP contribution in [-0.4, -0.2) is 37.7 Å². The van der Waals surface area contributed by atoms with Crippen molar-refractivity contribution in [3.8, 4) is 11.5 Å². The van der Waals surface area contributed by atoms with Gasteiger partial charge in [0, 0.05) is 24.3 Å². The molecule has 0 bridgehead atoms. The molecule has 6 nitrogen and oxygen atoms in total. The van der Waals surface area contributed by atoms with Crippen LogP contribution in [0.3, 0.4) is 0 Å². The third kappa shape index (κ3) is 5.01. The molecule has 108 valence electrons. The molecule has 0 saturated carbocycles. The maximum Gasteiger partial charge on any atom is 0.305 e. The molecular weight excluding hydrogens is 262 g/mol. The van der Waals surface area contributed by atoms with Gasteiger partial charge in [-0.15, -0.1) is 0 Å². The van der Waals surface area contributed by atoms with Crippen molar-refractivity contribution in [2.75, 3.05) is 20.8 Å². The summed E-state index contributed by atoms with van der Waals surface area (Å²) in [5, 5.41) is 10.9. The van der Waals surface area contributed by atoms with Crippen molar-refractivity contribution in [2.45, 2.75) is 6.42 Å². The van der Waals surface area contributed by atoms with Crippen molar-refractivity contribution in [1.29, 1.82) is 0 Å². The average molecular weight is 279 g/mol. The fourth-order valence-electron chi connectivity index (χ4n) is 1.47. The summed E-state index contributed by atoms with van der Waals surface area (Å²) in [7, 11) is 3.08. The number of carbonyl (C=O) groups is 2. The highest BCUT2D eigenvalue weighted by molar-refractivity contribution is 5.92. The van der Waals surface area contributed by atoms with Crippen LogP contribution in [0.15, 0.2) is 24.3 Å². The Morgan fingerprint density at radius 1 is 1.30 bits per heavy atom. The van der Waals surface area contributed by atoms with Gasteiger partial charge in [0.15, 0.2) is 0 Å². The second-order valence-electron chi connectivity index (χ2n) is 3.88. The van der Waals surface area contributed by atoms with E-state index in [1.165, 1.54) is 13.2 Å². The van der Waals surface area contributed by atoms with E-state index in [1.54, 1.807) is 31.4 Å². The number of nitrogens with one attached hydrogen (secondary N) is 1. The molecule has 0 spiro atoms. The summed E-state index contributed by atoms with van der Waals surface area (Å²) in [4.78, 5) is 21.8. The molecule has 2 N–H and O–H groups in total. The van der Waals surface area contributed by atoms with E-state index in [4.69, 9.17) is 14.6 Å². The van der Waals surface area contributed by atoms with Crippen LogP contribution < -0.4 is 14.8 Å². The Kier molecular flexibility index (Phi) is 6.09. The van der Waals surface area contributed by atoms with Gasteiger partial charge in [-0.2, -0.15) is 0 Å².